The minimum atomic E-state index is 0.0654. The fourth-order valence-electron chi connectivity index (χ4n) is 3.38. The summed E-state index contributed by atoms with van der Waals surface area (Å²) in [6.45, 7) is 5.33. The third kappa shape index (κ3) is 6.76. The SMILES string of the molecule is CN=C(NCCCN1CCCC1C(=O)N(C)C)N(C)CCOCC1CC1. The van der Waals surface area contributed by atoms with E-state index in [4.69, 9.17) is 4.74 Å². The highest BCUT2D eigenvalue weighted by molar-refractivity contribution is 5.81. The van der Waals surface area contributed by atoms with Crippen molar-refractivity contribution in [3.63, 3.8) is 0 Å². The van der Waals surface area contributed by atoms with E-state index in [9.17, 15) is 4.79 Å². The van der Waals surface area contributed by atoms with E-state index < -0.39 is 0 Å². The third-order valence-electron chi connectivity index (χ3n) is 5.19. The van der Waals surface area contributed by atoms with Crippen LogP contribution >= 0.6 is 0 Å². The molecule has 150 valence electrons. The molecule has 0 aromatic rings. The number of likely N-dealkylation sites (N-methyl/N-ethyl adjacent to an activating group) is 2. The van der Waals surface area contributed by atoms with Crippen molar-refractivity contribution < 1.29 is 9.53 Å². The number of likely N-dealkylation sites (tertiary alicyclic amines) is 1. The van der Waals surface area contributed by atoms with Crippen LogP contribution in [0.15, 0.2) is 4.99 Å². The minimum absolute atomic E-state index is 0.0654. The van der Waals surface area contributed by atoms with Crippen LogP contribution in [-0.4, -0.2) is 100 Å². The number of amides is 1. The van der Waals surface area contributed by atoms with Gasteiger partial charge >= 0.3 is 0 Å². The molecule has 1 amide bonds. The lowest BCUT2D eigenvalue weighted by molar-refractivity contribution is -0.133. The summed E-state index contributed by atoms with van der Waals surface area (Å²) < 4.78 is 5.70. The van der Waals surface area contributed by atoms with Gasteiger partial charge in [-0.05, 0) is 44.6 Å². The number of nitrogens with zero attached hydrogens (tertiary/aromatic N) is 4. The molecule has 2 aliphatic rings. The smallest absolute Gasteiger partial charge is 0.239 e. The molecule has 0 spiro atoms. The Labute approximate surface area is 158 Å². The number of carbonyl (C=O) groups excluding carboxylic acids is 1. The van der Waals surface area contributed by atoms with E-state index in [1.807, 2.05) is 28.2 Å². The average Bonchev–Trinajstić information content (AvgIpc) is 3.33. The van der Waals surface area contributed by atoms with Gasteiger partial charge in [-0.25, -0.2) is 0 Å². The van der Waals surface area contributed by atoms with Crippen LogP contribution in [-0.2, 0) is 9.53 Å². The van der Waals surface area contributed by atoms with Crippen molar-refractivity contribution >= 4 is 11.9 Å². The summed E-state index contributed by atoms with van der Waals surface area (Å²) in [4.78, 5) is 22.7. The Hall–Kier alpha value is -1.34. The highest BCUT2D eigenvalue weighted by Crippen LogP contribution is 2.28. The molecule has 1 aliphatic carbocycles. The zero-order valence-electron chi connectivity index (χ0n) is 17.0. The molecule has 1 saturated heterocycles. The second kappa shape index (κ2) is 10.7. The van der Waals surface area contributed by atoms with E-state index in [0.29, 0.717) is 0 Å². The molecule has 1 aliphatic heterocycles. The first-order chi connectivity index (χ1) is 12.5. The van der Waals surface area contributed by atoms with E-state index in [2.05, 4.69) is 20.1 Å². The van der Waals surface area contributed by atoms with Crippen LogP contribution in [0.25, 0.3) is 0 Å². The van der Waals surface area contributed by atoms with Crippen LogP contribution in [0.2, 0.25) is 0 Å². The van der Waals surface area contributed by atoms with Crippen LogP contribution in [0.5, 0.6) is 0 Å². The molecule has 0 radical (unpaired) electrons. The van der Waals surface area contributed by atoms with Crippen LogP contribution in [0.3, 0.4) is 0 Å². The molecular weight excluding hydrogens is 330 g/mol. The van der Waals surface area contributed by atoms with Crippen molar-refractivity contribution in [2.45, 2.75) is 38.1 Å². The lowest BCUT2D eigenvalue weighted by Crippen LogP contribution is -2.44. The van der Waals surface area contributed by atoms with E-state index in [-0.39, 0.29) is 11.9 Å². The summed E-state index contributed by atoms with van der Waals surface area (Å²) in [7, 11) is 7.54. The largest absolute Gasteiger partial charge is 0.379 e. The molecule has 7 nitrogen and oxygen atoms in total. The van der Waals surface area contributed by atoms with E-state index in [1.54, 1.807) is 4.90 Å². The summed E-state index contributed by atoms with van der Waals surface area (Å²) in [5.74, 6) is 1.95. The zero-order valence-corrected chi connectivity index (χ0v) is 17.0. The number of hydrogen-bond acceptors (Lipinski definition) is 4. The van der Waals surface area contributed by atoms with Gasteiger partial charge in [-0.2, -0.15) is 0 Å². The Morgan fingerprint density at radius 1 is 1.27 bits per heavy atom. The van der Waals surface area contributed by atoms with E-state index >= 15 is 0 Å². The molecule has 2 rings (SSSR count). The summed E-state index contributed by atoms with van der Waals surface area (Å²) in [5, 5.41) is 3.42. The topological polar surface area (TPSA) is 60.4 Å². The molecule has 26 heavy (non-hydrogen) atoms. The highest BCUT2D eigenvalue weighted by Gasteiger charge is 2.31. The normalized spacial score (nSPS) is 21.1. The van der Waals surface area contributed by atoms with Crippen LogP contribution in [0.1, 0.15) is 32.1 Å². The Morgan fingerprint density at radius 2 is 2.04 bits per heavy atom. The molecule has 1 N–H and O–H groups in total. The quantitative estimate of drug-likeness (QED) is 0.353. The predicted octanol–water partition coefficient (Wildman–Crippen LogP) is 0.863. The van der Waals surface area contributed by atoms with E-state index in [0.717, 1.165) is 70.5 Å². The van der Waals surface area contributed by atoms with Crippen molar-refractivity contribution in [3.05, 3.63) is 0 Å². The fourth-order valence-corrected chi connectivity index (χ4v) is 3.38. The number of hydrogen-bond donors (Lipinski definition) is 1. The summed E-state index contributed by atoms with van der Waals surface area (Å²) in [6.07, 6.45) is 5.76. The fraction of sp³-hybridized carbons (Fsp3) is 0.895. The Kier molecular flexibility index (Phi) is 8.65. The molecule has 1 saturated carbocycles. The standard InChI is InChI=1S/C19H37N5O2/c1-20-19(23(4)13-14-26-15-16-8-9-16)21-10-6-12-24-11-5-7-17(24)18(25)22(2)3/h16-17H,5-15H2,1-4H3,(H,20,21). The van der Waals surface area contributed by atoms with Crippen LogP contribution in [0.4, 0.5) is 0 Å². The van der Waals surface area contributed by atoms with Gasteiger partial charge < -0.3 is 19.9 Å². The van der Waals surface area contributed by atoms with E-state index in [1.165, 1.54) is 12.8 Å². The monoisotopic (exact) mass is 367 g/mol. The van der Waals surface area contributed by atoms with Crippen molar-refractivity contribution in [2.75, 3.05) is 67.6 Å². The highest BCUT2D eigenvalue weighted by atomic mass is 16.5. The minimum Gasteiger partial charge on any atom is -0.379 e. The predicted molar refractivity (Wildman–Crippen MR) is 105 cm³/mol. The van der Waals surface area contributed by atoms with Gasteiger partial charge in [0.2, 0.25) is 5.91 Å². The third-order valence-corrected chi connectivity index (χ3v) is 5.19. The first-order valence-electron chi connectivity index (χ1n) is 9.97. The maximum Gasteiger partial charge on any atom is 0.239 e. The van der Waals surface area contributed by atoms with Gasteiger partial charge in [0, 0.05) is 54.4 Å². The number of aliphatic imine (C=N–C) groups is 1. The molecule has 0 aromatic heterocycles. The Bertz CT molecular complexity index is 465. The lowest BCUT2D eigenvalue weighted by atomic mass is 10.2. The molecule has 1 unspecified atom stereocenters. The van der Waals surface area contributed by atoms with Gasteiger partial charge in [-0.3, -0.25) is 14.7 Å². The van der Waals surface area contributed by atoms with Crippen molar-refractivity contribution in [1.29, 1.82) is 0 Å². The summed E-state index contributed by atoms with van der Waals surface area (Å²) >= 11 is 0. The first kappa shape index (κ1) is 21.0. The number of guanidine groups is 1. The Balaban J connectivity index is 1.61. The Morgan fingerprint density at radius 3 is 2.69 bits per heavy atom. The summed E-state index contributed by atoms with van der Waals surface area (Å²) in [6, 6.07) is 0.0654. The van der Waals surface area contributed by atoms with Gasteiger partial charge in [0.1, 0.15) is 0 Å². The second-order valence-corrected chi connectivity index (χ2v) is 7.69. The second-order valence-electron chi connectivity index (χ2n) is 7.69. The molecule has 0 aromatic carbocycles. The number of ether oxygens (including phenoxy) is 1. The van der Waals surface area contributed by atoms with Gasteiger partial charge in [0.25, 0.3) is 0 Å². The first-order valence-corrected chi connectivity index (χ1v) is 9.97. The number of carbonyl (C=O) groups is 1. The molecule has 7 heteroatoms. The maximum absolute atomic E-state index is 12.2. The molecule has 0 bridgehead atoms. The molecular formula is C19H37N5O2. The average molecular weight is 368 g/mol. The number of rotatable bonds is 10. The van der Waals surface area contributed by atoms with Crippen LogP contribution in [0, 0.1) is 5.92 Å². The van der Waals surface area contributed by atoms with Crippen molar-refractivity contribution in [1.82, 2.24) is 20.0 Å². The van der Waals surface area contributed by atoms with Gasteiger partial charge in [-0.15, -0.1) is 0 Å². The number of nitrogens with one attached hydrogen (secondary N) is 1. The molecule has 1 heterocycles. The van der Waals surface area contributed by atoms with Crippen LogP contribution < -0.4 is 5.32 Å². The van der Waals surface area contributed by atoms with Crippen molar-refractivity contribution in [2.24, 2.45) is 10.9 Å². The van der Waals surface area contributed by atoms with Gasteiger partial charge in [0.15, 0.2) is 5.96 Å². The lowest BCUT2D eigenvalue weighted by Gasteiger charge is -2.26. The van der Waals surface area contributed by atoms with Crippen molar-refractivity contribution in [3.8, 4) is 0 Å². The summed E-state index contributed by atoms with van der Waals surface area (Å²) in [5.41, 5.74) is 0. The van der Waals surface area contributed by atoms with Gasteiger partial charge in [-0.1, -0.05) is 0 Å². The zero-order chi connectivity index (χ0) is 18.9. The molecule has 2 fully saturated rings. The van der Waals surface area contributed by atoms with Gasteiger partial charge in [0.05, 0.1) is 12.6 Å². The maximum atomic E-state index is 12.2. The molecule has 1 atom stereocenters.